The SMILES string of the molecule is C[C@H](C#N)c1cccc2cc[nH]c12. The summed E-state index contributed by atoms with van der Waals surface area (Å²) in [5.41, 5.74) is 2.15. The molecular formula is C11H10N2. The lowest BCUT2D eigenvalue weighted by molar-refractivity contribution is 0.990. The van der Waals surface area contributed by atoms with Crippen molar-refractivity contribution >= 4 is 10.9 Å². The average Bonchev–Trinajstić information content (AvgIpc) is 2.63. The Morgan fingerprint density at radius 1 is 1.38 bits per heavy atom. The van der Waals surface area contributed by atoms with Crippen molar-refractivity contribution in [3.63, 3.8) is 0 Å². The lowest BCUT2D eigenvalue weighted by atomic mass is 10.0. The molecule has 0 radical (unpaired) electrons. The Labute approximate surface area is 76.8 Å². The molecule has 0 saturated heterocycles. The quantitative estimate of drug-likeness (QED) is 0.702. The Morgan fingerprint density at radius 2 is 2.23 bits per heavy atom. The van der Waals surface area contributed by atoms with Gasteiger partial charge >= 0.3 is 0 Å². The number of fused-ring (bicyclic) bond motifs is 1. The molecule has 0 bridgehead atoms. The zero-order valence-electron chi connectivity index (χ0n) is 7.41. The van der Waals surface area contributed by atoms with Gasteiger partial charge in [0.25, 0.3) is 0 Å². The third-order valence-electron chi connectivity index (χ3n) is 2.28. The summed E-state index contributed by atoms with van der Waals surface area (Å²) in [6.07, 6.45) is 1.90. The Kier molecular flexibility index (Phi) is 1.79. The van der Waals surface area contributed by atoms with E-state index in [0.29, 0.717) is 0 Å². The lowest BCUT2D eigenvalue weighted by Gasteiger charge is -2.03. The fraction of sp³-hybridized carbons (Fsp3) is 0.182. The van der Waals surface area contributed by atoms with Crippen molar-refractivity contribution in [2.45, 2.75) is 12.8 Å². The molecule has 1 heterocycles. The van der Waals surface area contributed by atoms with Crippen LogP contribution in [-0.4, -0.2) is 4.98 Å². The summed E-state index contributed by atoms with van der Waals surface area (Å²) in [6.45, 7) is 1.91. The number of hydrogen-bond acceptors (Lipinski definition) is 1. The zero-order chi connectivity index (χ0) is 9.26. The van der Waals surface area contributed by atoms with Gasteiger partial charge < -0.3 is 4.98 Å². The summed E-state index contributed by atoms with van der Waals surface area (Å²) in [5.74, 6) is -0.0534. The van der Waals surface area contributed by atoms with Crippen LogP contribution in [0.1, 0.15) is 18.4 Å². The molecule has 0 saturated carbocycles. The van der Waals surface area contributed by atoms with E-state index in [4.69, 9.17) is 5.26 Å². The summed E-state index contributed by atoms with van der Waals surface area (Å²) in [7, 11) is 0. The fourth-order valence-electron chi connectivity index (χ4n) is 1.54. The first-order valence-electron chi connectivity index (χ1n) is 4.28. The van der Waals surface area contributed by atoms with Crippen LogP contribution in [0, 0.1) is 11.3 Å². The van der Waals surface area contributed by atoms with E-state index in [0.717, 1.165) is 11.1 Å². The van der Waals surface area contributed by atoms with Gasteiger partial charge in [0.05, 0.1) is 12.0 Å². The lowest BCUT2D eigenvalue weighted by Crippen LogP contribution is -1.90. The van der Waals surface area contributed by atoms with Crippen molar-refractivity contribution in [1.82, 2.24) is 4.98 Å². The minimum absolute atomic E-state index is 0.0534. The van der Waals surface area contributed by atoms with Crippen molar-refractivity contribution in [2.24, 2.45) is 0 Å². The molecule has 0 unspecified atom stereocenters. The Morgan fingerprint density at radius 3 is 3.00 bits per heavy atom. The first-order valence-corrected chi connectivity index (χ1v) is 4.28. The molecule has 2 rings (SSSR count). The van der Waals surface area contributed by atoms with Gasteiger partial charge in [0.2, 0.25) is 0 Å². The molecule has 1 atom stereocenters. The molecule has 2 aromatic rings. The predicted octanol–water partition coefficient (Wildman–Crippen LogP) is 2.79. The topological polar surface area (TPSA) is 39.6 Å². The van der Waals surface area contributed by atoms with Gasteiger partial charge in [-0.1, -0.05) is 18.2 Å². The minimum Gasteiger partial charge on any atom is -0.361 e. The molecule has 0 aliphatic heterocycles. The van der Waals surface area contributed by atoms with Crippen molar-refractivity contribution in [1.29, 1.82) is 5.26 Å². The molecule has 1 aromatic carbocycles. The third kappa shape index (κ3) is 1.19. The molecule has 1 N–H and O–H groups in total. The smallest absolute Gasteiger partial charge is 0.0705 e. The van der Waals surface area contributed by atoms with E-state index in [1.807, 2.05) is 37.4 Å². The van der Waals surface area contributed by atoms with E-state index in [-0.39, 0.29) is 5.92 Å². The molecule has 1 aromatic heterocycles. The van der Waals surface area contributed by atoms with E-state index in [1.54, 1.807) is 0 Å². The van der Waals surface area contributed by atoms with Crippen molar-refractivity contribution < 1.29 is 0 Å². The second-order valence-electron chi connectivity index (χ2n) is 3.14. The van der Waals surface area contributed by atoms with Crippen LogP contribution in [0.2, 0.25) is 0 Å². The van der Waals surface area contributed by atoms with Crippen LogP contribution < -0.4 is 0 Å². The first kappa shape index (κ1) is 7.88. The van der Waals surface area contributed by atoms with Crippen LogP contribution in [-0.2, 0) is 0 Å². The molecular weight excluding hydrogens is 160 g/mol. The molecule has 2 nitrogen and oxygen atoms in total. The number of nitrogens with zero attached hydrogens (tertiary/aromatic N) is 1. The van der Waals surface area contributed by atoms with Crippen molar-refractivity contribution in [2.75, 3.05) is 0 Å². The molecule has 2 heteroatoms. The van der Waals surface area contributed by atoms with E-state index in [9.17, 15) is 0 Å². The summed E-state index contributed by atoms with van der Waals surface area (Å²) < 4.78 is 0. The molecule has 13 heavy (non-hydrogen) atoms. The van der Waals surface area contributed by atoms with Crippen LogP contribution in [0.4, 0.5) is 0 Å². The third-order valence-corrected chi connectivity index (χ3v) is 2.28. The molecule has 0 fully saturated rings. The summed E-state index contributed by atoms with van der Waals surface area (Å²) in [4.78, 5) is 3.15. The molecule has 64 valence electrons. The number of H-pyrrole nitrogens is 1. The molecule has 0 aliphatic rings. The maximum absolute atomic E-state index is 8.82. The first-order chi connectivity index (χ1) is 6.33. The summed E-state index contributed by atoms with van der Waals surface area (Å²) in [5, 5.41) is 9.99. The Bertz CT molecular complexity index is 462. The second-order valence-corrected chi connectivity index (χ2v) is 3.14. The highest BCUT2D eigenvalue weighted by molar-refractivity contribution is 5.83. The van der Waals surface area contributed by atoms with Crippen LogP contribution in [0.5, 0.6) is 0 Å². The molecule has 0 spiro atoms. The monoisotopic (exact) mass is 170 g/mol. The van der Waals surface area contributed by atoms with Gasteiger partial charge in [-0.3, -0.25) is 0 Å². The molecule has 0 aliphatic carbocycles. The zero-order valence-corrected chi connectivity index (χ0v) is 7.41. The standard InChI is InChI=1S/C11H10N2/c1-8(7-12)10-4-2-3-9-5-6-13-11(9)10/h2-6,8,13H,1H3/t8-/m1/s1. The number of nitriles is 1. The van der Waals surface area contributed by atoms with Crippen LogP contribution in [0.15, 0.2) is 30.5 Å². The number of aromatic amines is 1. The van der Waals surface area contributed by atoms with E-state index in [2.05, 4.69) is 11.1 Å². The fourth-order valence-corrected chi connectivity index (χ4v) is 1.54. The van der Waals surface area contributed by atoms with Gasteiger partial charge in [0.15, 0.2) is 0 Å². The summed E-state index contributed by atoms with van der Waals surface area (Å²) in [6, 6.07) is 10.3. The van der Waals surface area contributed by atoms with E-state index in [1.165, 1.54) is 5.39 Å². The number of benzene rings is 1. The highest BCUT2D eigenvalue weighted by atomic mass is 14.7. The Hall–Kier alpha value is -1.75. The number of aromatic nitrogens is 1. The van der Waals surface area contributed by atoms with Crippen LogP contribution in [0.25, 0.3) is 10.9 Å². The minimum atomic E-state index is -0.0534. The predicted molar refractivity (Wildman–Crippen MR) is 52.3 cm³/mol. The second kappa shape index (κ2) is 2.95. The normalized spacial score (nSPS) is 12.6. The van der Waals surface area contributed by atoms with Gasteiger partial charge in [-0.15, -0.1) is 0 Å². The van der Waals surface area contributed by atoms with Gasteiger partial charge in [-0.05, 0) is 23.9 Å². The number of nitrogens with one attached hydrogen (secondary N) is 1. The number of para-hydroxylation sites is 1. The van der Waals surface area contributed by atoms with Crippen molar-refractivity contribution in [3.05, 3.63) is 36.0 Å². The van der Waals surface area contributed by atoms with Crippen LogP contribution >= 0.6 is 0 Å². The van der Waals surface area contributed by atoms with Gasteiger partial charge in [-0.2, -0.15) is 5.26 Å². The van der Waals surface area contributed by atoms with Gasteiger partial charge in [-0.25, -0.2) is 0 Å². The largest absolute Gasteiger partial charge is 0.361 e. The highest BCUT2D eigenvalue weighted by Crippen LogP contribution is 2.23. The molecule has 0 amide bonds. The van der Waals surface area contributed by atoms with E-state index >= 15 is 0 Å². The summed E-state index contributed by atoms with van der Waals surface area (Å²) >= 11 is 0. The number of hydrogen-bond donors (Lipinski definition) is 1. The Balaban J connectivity index is 2.69. The van der Waals surface area contributed by atoms with Gasteiger partial charge in [0.1, 0.15) is 0 Å². The maximum Gasteiger partial charge on any atom is 0.0705 e. The van der Waals surface area contributed by atoms with Gasteiger partial charge in [0, 0.05) is 11.7 Å². The van der Waals surface area contributed by atoms with Crippen molar-refractivity contribution in [3.8, 4) is 6.07 Å². The highest BCUT2D eigenvalue weighted by Gasteiger charge is 2.07. The van der Waals surface area contributed by atoms with Crippen LogP contribution in [0.3, 0.4) is 0 Å². The maximum atomic E-state index is 8.82. The number of rotatable bonds is 1. The average molecular weight is 170 g/mol. The van der Waals surface area contributed by atoms with E-state index < -0.39 is 0 Å².